The van der Waals surface area contributed by atoms with Crippen molar-refractivity contribution in [1.82, 2.24) is 9.55 Å². The van der Waals surface area contributed by atoms with E-state index in [1.54, 1.807) is 6.07 Å². The van der Waals surface area contributed by atoms with Gasteiger partial charge in [0.1, 0.15) is 24.3 Å². The van der Waals surface area contributed by atoms with Crippen molar-refractivity contribution in [3.8, 4) is 0 Å². The molecule has 4 unspecified atom stereocenters. The Morgan fingerprint density at radius 1 is 1.18 bits per heavy atom. The third-order valence-electron chi connectivity index (χ3n) is 5.69. The average molecular weight is 735 g/mol. The number of carbonyl (C=O) groups excluding carboxylic acids is 2. The smallest absolute Gasteiger partial charge is 0.456 e. The summed E-state index contributed by atoms with van der Waals surface area (Å²) < 4.78 is 59.5. The summed E-state index contributed by atoms with van der Waals surface area (Å²) in [5.74, 6) is -1.29. The maximum Gasteiger partial charge on any atom is 0.490 e. The number of nitrogens with two attached hydrogens (primary N) is 1. The van der Waals surface area contributed by atoms with Crippen molar-refractivity contribution in [3.05, 3.63) is 52.1 Å². The summed E-state index contributed by atoms with van der Waals surface area (Å²) in [6, 6.07) is 5.81. The number of hydrogen-bond donors (Lipinski definition) is 6. The number of benzene rings is 1. The molecule has 250 valence electrons. The molecule has 1 saturated heterocycles. The van der Waals surface area contributed by atoms with Crippen LogP contribution in [0.5, 0.6) is 0 Å². The number of nitrogens with one attached hydrogen (secondary N) is 1. The standard InChI is InChI=1S/C21H29N4O15P3S2/c1-11(45-44-3)15-8-13(23-12(2)26)4-5-14(15)20(27)38-16-9-19(25-7-6-18(22)24-21(25)28)37-17(16)10-36-42(32,33)40-43(34,35)39-41(29,30)31/h4-8,11,16-17,19H,9-10H2,1-3H3,(H,23,26)(H,32,33)(H,34,35)(H2,22,24,28)(H2,29,30,31)/t11?,16?,17-,19-/m1/s1. The van der Waals surface area contributed by atoms with Gasteiger partial charge in [0, 0.05) is 30.5 Å². The molecule has 0 radical (unpaired) electrons. The minimum atomic E-state index is -5.80. The normalized spacial score (nSPS) is 21.8. The molecular formula is C21H29N4O15P3S2. The Labute approximate surface area is 263 Å². The van der Waals surface area contributed by atoms with Crippen LogP contribution in [0.25, 0.3) is 0 Å². The van der Waals surface area contributed by atoms with Crippen molar-refractivity contribution in [3.63, 3.8) is 0 Å². The van der Waals surface area contributed by atoms with Crippen LogP contribution in [-0.2, 0) is 41.1 Å². The number of nitrogens with zero attached hydrogens (tertiary/aromatic N) is 2. The SMILES string of the molecule is CSSC(C)c1cc(NC(C)=O)ccc1C(=O)OC1C[C@H](n2ccc(N)nc2=O)O[C@@H]1COP(=O)(O)OP(=O)(O)OP(=O)(O)O. The maximum atomic E-state index is 13.5. The number of nitrogen functional groups attached to an aromatic ring is 1. The van der Waals surface area contributed by atoms with E-state index in [0.717, 1.165) is 4.57 Å². The first-order valence-corrected chi connectivity index (χ1v) is 19.5. The summed E-state index contributed by atoms with van der Waals surface area (Å²) in [5, 5.41) is 2.38. The lowest BCUT2D eigenvalue weighted by molar-refractivity contribution is -0.114. The monoisotopic (exact) mass is 734 g/mol. The minimum absolute atomic E-state index is 0.0890. The maximum absolute atomic E-state index is 13.5. The first-order valence-electron chi connectivity index (χ1n) is 12.4. The van der Waals surface area contributed by atoms with Gasteiger partial charge in [-0.25, -0.2) is 23.3 Å². The number of phosphoric acid groups is 3. The van der Waals surface area contributed by atoms with Gasteiger partial charge in [0.05, 0.1) is 12.2 Å². The van der Waals surface area contributed by atoms with Gasteiger partial charge < -0.3 is 40.1 Å². The Kier molecular flexibility index (Phi) is 12.6. The van der Waals surface area contributed by atoms with Gasteiger partial charge in [-0.15, -0.1) is 0 Å². The number of anilines is 2. The quantitative estimate of drug-likeness (QED) is 0.0924. The van der Waals surface area contributed by atoms with Gasteiger partial charge in [-0.3, -0.25) is 13.9 Å². The molecule has 1 amide bonds. The largest absolute Gasteiger partial charge is 0.490 e. The molecule has 19 nitrogen and oxygen atoms in total. The fourth-order valence-electron chi connectivity index (χ4n) is 4.02. The Hall–Kier alpha value is -2.09. The van der Waals surface area contributed by atoms with Crippen LogP contribution < -0.4 is 16.7 Å². The van der Waals surface area contributed by atoms with Crippen LogP contribution in [0.15, 0.2) is 35.3 Å². The van der Waals surface area contributed by atoms with Crippen molar-refractivity contribution in [1.29, 1.82) is 0 Å². The molecular weight excluding hydrogens is 705 g/mol. The van der Waals surface area contributed by atoms with Crippen LogP contribution in [-0.4, -0.2) is 66.1 Å². The molecule has 0 spiro atoms. The zero-order valence-electron chi connectivity index (χ0n) is 23.5. The Morgan fingerprint density at radius 3 is 2.47 bits per heavy atom. The van der Waals surface area contributed by atoms with E-state index < -0.39 is 60.2 Å². The second-order valence-corrected chi connectivity index (χ2v) is 16.4. The number of hydrogen-bond acceptors (Lipinski definition) is 15. The van der Waals surface area contributed by atoms with Gasteiger partial charge >= 0.3 is 35.1 Å². The minimum Gasteiger partial charge on any atom is -0.456 e. The van der Waals surface area contributed by atoms with Crippen LogP contribution in [0.3, 0.4) is 0 Å². The molecule has 6 atom stereocenters. The van der Waals surface area contributed by atoms with Crippen molar-refractivity contribution in [2.75, 3.05) is 23.9 Å². The number of phosphoric ester groups is 1. The molecule has 2 aromatic rings. The molecule has 1 aliphatic rings. The van der Waals surface area contributed by atoms with E-state index in [0.29, 0.717) is 11.3 Å². The van der Waals surface area contributed by atoms with Crippen molar-refractivity contribution in [2.45, 2.75) is 44.0 Å². The van der Waals surface area contributed by atoms with E-state index in [-0.39, 0.29) is 29.0 Å². The summed E-state index contributed by atoms with van der Waals surface area (Å²) >= 11 is 0. The first-order chi connectivity index (χ1) is 20.8. The van der Waals surface area contributed by atoms with E-state index in [2.05, 4.69) is 18.9 Å². The predicted octanol–water partition coefficient (Wildman–Crippen LogP) is 2.71. The van der Waals surface area contributed by atoms with Gasteiger partial charge in [0.25, 0.3) is 0 Å². The Balaban J connectivity index is 1.88. The van der Waals surface area contributed by atoms with Gasteiger partial charge in [-0.2, -0.15) is 13.6 Å². The zero-order valence-corrected chi connectivity index (χ0v) is 27.8. The van der Waals surface area contributed by atoms with E-state index in [1.807, 2.05) is 13.2 Å². The fraction of sp³-hybridized carbons (Fsp3) is 0.429. The molecule has 0 bridgehead atoms. The summed E-state index contributed by atoms with van der Waals surface area (Å²) in [5.41, 5.74) is 5.74. The van der Waals surface area contributed by atoms with Gasteiger partial charge in [-0.1, -0.05) is 21.6 Å². The molecule has 1 aromatic carbocycles. The topological polar surface area (TPSA) is 285 Å². The van der Waals surface area contributed by atoms with Crippen molar-refractivity contribution in [2.24, 2.45) is 0 Å². The van der Waals surface area contributed by atoms with Crippen LogP contribution in [0, 0.1) is 0 Å². The lowest BCUT2D eigenvalue weighted by Crippen LogP contribution is -2.31. The predicted molar refractivity (Wildman–Crippen MR) is 161 cm³/mol. The third kappa shape index (κ3) is 11.3. The van der Waals surface area contributed by atoms with E-state index in [9.17, 15) is 37.9 Å². The number of ether oxygens (including phenoxy) is 2. The van der Waals surface area contributed by atoms with Gasteiger partial charge in [0.2, 0.25) is 5.91 Å². The third-order valence-corrected chi connectivity index (χ3v) is 11.7. The van der Waals surface area contributed by atoms with Crippen LogP contribution >= 0.6 is 45.1 Å². The second-order valence-electron chi connectivity index (χ2n) is 9.13. The molecule has 7 N–H and O–H groups in total. The lowest BCUT2D eigenvalue weighted by Gasteiger charge is -2.22. The number of rotatable bonds is 14. The van der Waals surface area contributed by atoms with Crippen molar-refractivity contribution >= 4 is 68.4 Å². The molecule has 1 aliphatic heterocycles. The molecule has 45 heavy (non-hydrogen) atoms. The summed E-state index contributed by atoms with van der Waals surface area (Å²) in [6.07, 6.45) is -0.970. The molecule has 3 rings (SSSR count). The summed E-state index contributed by atoms with van der Waals surface area (Å²) in [7, 11) is -14.1. The number of amides is 1. The highest BCUT2D eigenvalue weighted by atomic mass is 33.1. The van der Waals surface area contributed by atoms with Crippen LogP contribution in [0.2, 0.25) is 0 Å². The Morgan fingerprint density at radius 2 is 1.87 bits per heavy atom. The molecule has 1 aromatic heterocycles. The molecule has 0 saturated carbocycles. The van der Waals surface area contributed by atoms with Gasteiger partial charge in [-0.05, 0) is 43.0 Å². The first kappa shape index (κ1) is 37.4. The lowest BCUT2D eigenvalue weighted by atomic mass is 10.0. The summed E-state index contributed by atoms with van der Waals surface area (Å²) in [6.45, 7) is 2.19. The molecule has 2 heterocycles. The number of aromatic nitrogens is 2. The number of carbonyl (C=O) groups is 2. The van der Waals surface area contributed by atoms with Crippen molar-refractivity contribution < 1.29 is 65.5 Å². The fourth-order valence-corrected chi connectivity index (χ4v) is 8.82. The number of esters is 1. The van der Waals surface area contributed by atoms with Crippen LogP contribution in [0.4, 0.5) is 11.5 Å². The second kappa shape index (κ2) is 15.2. The van der Waals surface area contributed by atoms with E-state index >= 15 is 0 Å². The van der Waals surface area contributed by atoms with Gasteiger partial charge in [0.15, 0.2) is 0 Å². The molecule has 1 fully saturated rings. The van der Waals surface area contributed by atoms with E-state index in [1.165, 1.54) is 52.9 Å². The average Bonchev–Trinajstić information content (AvgIpc) is 3.27. The molecule has 0 aliphatic carbocycles. The summed E-state index contributed by atoms with van der Waals surface area (Å²) in [4.78, 5) is 77.9. The molecule has 24 heteroatoms. The zero-order chi connectivity index (χ0) is 33.7. The Bertz CT molecular complexity index is 1620. The highest BCUT2D eigenvalue weighted by molar-refractivity contribution is 8.76. The highest BCUT2D eigenvalue weighted by Gasteiger charge is 2.44. The van der Waals surface area contributed by atoms with Crippen LogP contribution in [0.1, 0.15) is 47.7 Å². The highest BCUT2D eigenvalue weighted by Crippen LogP contribution is 2.66. The van der Waals surface area contributed by atoms with E-state index in [4.69, 9.17) is 29.5 Å².